The average molecular weight is 337 g/mol. The van der Waals surface area contributed by atoms with E-state index in [2.05, 4.69) is 63.0 Å². The van der Waals surface area contributed by atoms with Crippen molar-refractivity contribution in [3.8, 4) is 0 Å². The van der Waals surface area contributed by atoms with Gasteiger partial charge in [0.05, 0.1) is 6.61 Å². The van der Waals surface area contributed by atoms with Crippen LogP contribution in [0, 0.1) is 0 Å². The Morgan fingerprint density at radius 3 is 2.55 bits per heavy atom. The summed E-state index contributed by atoms with van der Waals surface area (Å²) >= 11 is 3.50. The second-order valence-electron chi connectivity index (χ2n) is 4.75. The van der Waals surface area contributed by atoms with E-state index >= 15 is 0 Å². The van der Waals surface area contributed by atoms with Crippen LogP contribution in [0.15, 0.2) is 40.9 Å². The molecule has 0 amide bonds. The lowest BCUT2D eigenvalue weighted by molar-refractivity contribution is 0.199. The maximum Gasteiger partial charge on any atom is 0.0587 e. The second-order valence-corrected chi connectivity index (χ2v) is 5.66. The number of rotatable bonds is 8. The molecule has 0 saturated carbocycles. The zero-order valence-electron chi connectivity index (χ0n) is 11.8. The van der Waals surface area contributed by atoms with E-state index in [-0.39, 0.29) is 0 Å². The summed E-state index contributed by atoms with van der Waals surface area (Å²) in [5.74, 6) is 0. The fourth-order valence-electron chi connectivity index (χ4n) is 2.08. The number of nitrogens with one attached hydrogen (secondary N) is 2. The Hall–Kier alpha value is -0.940. The smallest absolute Gasteiger partial charge is 0.0587 e. The Balaban J connectivity index is 1.77. The standard InChI is InChI=1S/C16H21BrN2O/c1-20-9-8-18-6-7-19-12-13-2-3-15-11-16(17)5-4-14(15)10-13/h2-5,10-11,18-19H,6-9,12H2,1H3. The Kier molecular flexibility index (Phi) is 6.47. The molecular formula is C16H21BrN2O. The maximum atomic E-state index is 4.98. The molecule has 2 N–H and O–H groups in total. The zero-order valence-corrected chi connectivity index (χ0v) is 13.4. The first-order chi connectivity index (χ1) is 9.79. The van der Waals surface area contributed by atoms with E-state index in [0.717, 1.165) is 37.3 Å². The highest BCUT2D eigenvalue weighted by Gasteiger charge is 1.97. The molecule has 0 unspecified atom stereocenters. The first-order valence-electron chi connectivity index (χ1n) is 6.88. The molecule has 4 heteroatoms. The van der Waals surface area contributed by atoms with Crippen molar-refractivity contribution in [2.24, 2.45) is 0 Å². The summed E-state index contributed by atoms with van der Waals surface area (Å²) in [7, 11) is 1.72. The van der Waals surface area contributed by atoms with Gasteiger partial charge >= 0.3 is 0 Å². The molecule has 0 spiro atoms. The van der Waals surface area contributed by atoms with Crippen LogP contribution in [0.5, 0.6) is 0 Å². The first kappa shape index (κ1) is 15.4. The van der Waals surface area contributed by atoms with Crippen LogP contribution < -0.4 is 10.6 Å². The molecule has 2 aromatic carbocycles. The highest BCUT2D eigenvalue weighted by Crippen LogP contribution is 2.20. The molecule has 0 fully saturated rings. The van der Waals surface area contributed by atoms with Crippen LogP contribution in [0.1, 0.15) is 5.56 Å². The Morgan fingerprint density at radius 1 is 0.950 bits per heavy atom. The van der Waals surface area contributed by atoms with Crippen LogP contribution >= 0.6 is 15.9 Å². The molecule has 0 aliphatic rings. The largest absolute Gasteiger partial charge is 0.383 e. The van der Waals surface area contributed by atoms with E-state index < -0.39 is 0 Å². The van der Waals surface area contributed by atoms with Gasteiger partial charge < -0.3 is 15.4 Å². The van der Waals surface area contributed by atoms with Gasteiger partial charge in [0, 0.05) is 37.8 Å². The molecule has 0 aliphatic heterocycles. The summed E-state index contributed by atoms with van der Waals surface area (Å²) in [6.07, 6.45) is 0. The summed E-state index contributed by atoms with van der Waals surface area (Å²) in [5.41, 5.74) is 1.32. The van der Waals surface area contributed by atoms with Crippen molar-refractivity contribution in [3.63, 3.8) is 0 Å². The fourth-order valence-corrected chi connectivity index (χ4v) is 2.46. The van der Waals surface area contributed by atoms with E-state index in [9.17, 15) is 0 Å². The monoisotopic (exact) mass is 336 g/mol. The highest BCUT2D eigenvalue weighted by atomic mass is 79.9. The van der Waals surface area contributed by atoms with Crippen molar-refractivity contribution < 1.29 is 4.74 Å². The summed E-state index contributed by atoms with van der Waals surface area (Å²) in [4.78, 5) is 0. The van der Waals surface area contributed by atoms with Gasteiger partial charge in [0.1, 0.15) is 0 Å². The Labute approximate surface area is 128 Å². The van der Waals surface area contributed by atoms with Gasteiger partial charge in [-0.2, -0.15) is 0 Å². The number of fused-ring (bicyclic) bond motifs is 1. The number of benzene rings is 2. The quantitative estimate of drug-likeness (QED) is 0.727. The molecule has 0 bridgehead atoms. The fraction of sp³-hybridized carbons (Fsp3) is 0.375. The predicted molar refractivity (Wildman–Crippen MR) is 88.1 cm³/mol. The van der Waals surface area contributed by atoms with Crippen molar-refractivity contribution in [1.29, 1.82) is 0 Å². The van der Waals surface area contributed by atoms with Gasteiger partial charge in [-0.15, -0.1) is 0 Å². The van der Waals surface area contributed by atoms with Crippen LogP contribution in [-0.4, -0.2) is 33.4 Å². The Bertz CT molecular complexity index is 545. The third-order valence-corrected chi connectivity index (χ3v) is 3.65. The van der Waals surface area contributed by atoms with Crippen LogP contribution in [-0.2, 0) is 11.3 Å². The first-order valence-corrected chi connectivity index (χ1v) is 7.67. The van der Waals surface area contributed by atoms with Crippen molar-refractivity contribution >= 4 is 26.7 Å². The molecule has 0 aliphatic carbocycles. The van der Waals surface area contributed by atoms with Crippen molar-refractivity contribution in [1.82, 2.24) is 10.6 Å². The van der Waals surface area contributed by atoms with Crippen LogP contribution in [0.2, 0.25) is 0 Å². The lowest BCUT2D eigenvalue weighted by Gasteiger charge is -2.07. The molecule has 20 heavy (non-hydrogen) atoms. The van der Waals surface area contributed by atoms with Crippen molar-refractivity contribution in [3.05, 3.63) is 46.4 Å². The minimum atomic E-state index is 0.764. The minimum Gasteiger partial charge on any atom is -0.383 e. The SMILES string of the molecule is COCCNCCNCc1ccc2cc(Br)ccc2c1. The van der Waals surface area contributed by atoms with Gasteiger partial charge in [-0.25, -0.2) is 0 Å². The van der Waals surface area contributed by atoms with Gasteiger partial charge in [0.25, 0.3) is 0 Å². The molecule has 0 saturated heterocycles. The summed E-state index contributed by atoms with van der Waals surface area (Å²) < 4.78 is 6.10. The highest BCUT2D eigenvalue weighted by molar-refractivity contribution is 9.10. The molecule has 0 heterocycles. The third-order valence-electron chi connectivity index (χ3n) is 3.16. The van der Waals surface area contributed by atoms with E-state index in [1.807, 2.05) is 0 Å². The molecular weight excluding hydrogens is 316 g/mol. The summed E-state index contributed by atoms with van der Waals surface area (Å²) in [6.45, 7) is 4.49. The van der Waals surface area contributed by atoms with Crippen molar-refractivity contribution in [2.45, 2.75) is 6.54 Å². The zero-order chi connectivity index (χ0) is 14.2. The van der Waals surface area contributed by atoms with E-state index in [0.29, 0.717) is 0 Å². The van der Waals surface area contributed by atoms with Crippen LogP contribution in [0.3, 0.4) is 0 Å². The second kappa shape index (κ2) is 8.37. The molecule has 0 atom stereocenters. The normalized spacial score (nSPS) is 11.1. The van der Waals surface area contributed by atoms with Crippen LogP contribution in [0.4, 0.5) is 0 Å². The predicted octanol–water partition coefficient (Wildman–Crippen LogP) is 2.93. The lowest BCUT2D eigenvalue weighted by Crippen LogP contribution is -2.29. The van der Waals surface area contributed by atoms with Gasteiger partial charge in [-0.1, -0.05) is 34.1 Å². The van der Waals surface area contributed by atoms with Crippen molar-refractivity contribution in [2.75, 3.05) is 33.4 Å². The van der Waals surface area contributed by atoms with Gasteiger partial charge in [-0.05, 0) is 34.5 Å². The topological polar surface area (TPSA) is 33.3 Å². The van der Waals surface area contributed by atoms with E-state index in [4.69, 9.17) is 4.74 Å². The molecule has 0 aromatic heterocycles. The molecule has 108 valence electrons. The van der Waals surface area contributed by atoms with E-state index in [1.54, 1.807) is 7.11 Å². The maximum absolute atomic E-state index is 4.98. The third kappa shape index (κ3) is 4.87. The van der Waals surface area contributed by atoms with Gasteiger partial charge in [0.2, 0.25) is 0 Å². The number of hydrogen-bond donors (Lipinski definition) is 2. The average Bonchev–Trinajstić information content (AvgIpc) is 2.46. The molecule has 2 aromatic rings. The van der Waals surface area contributed by atoms with E-state index in [1.165, 1.54) is 16.3 Å². The number of methoxy groups -OCH3 is 1. The minimum absolute atomic E-state index is 0.764. The number of hydrogen-bond acceptors (Lipinski definition) is 3. The molecule has 2 rings (SSSR count). The lowest BCUT2D eigenvalue weighted by atomic mass is 10.1. The van der Waals surface area contributed by atoms with Gasteiger partial charge in [0.15, 0.2) is 0 Å². The summed E-state index contributed by atoms with van der Waals surface area (Å²) in [6, 6.07) is 13.0. The number of ether oxygens (including phenoxy) is 1. The molecule has 3 nitrogen and oxygen atoms in total. The number of halogens is 1. The van der Waals surface area contributed by atoms with Crippen LogP contribution in [0.25, 0.3) is 10.8 Å². The molecule has 0 radical (unpaired) electrons. The summed E-state index contributed by atoms with van der Waals surface area (Å²) in [5, 5.41) is 9.31. The Morgan fingerprint density at radius 2 is 1.70 bits per heavy atom. The van der Waals surface area contributed by atoms with Gasteiger partial charge in [-0.3, -0.25) is 0 Å².